The summed E-state index contributed by atoms with van der Waals surface area (Å²) in [5.74, 6) is 2.72. The third-order valence-corrected chi connectivity index (χ3v) is 6.92. The van der Waals surface area contributed by atoms with Gasteiger partial charge in [-0.25, -0.2) is 4.79 Å². The van der Waals surface area contributed by atoms with Crippen molar-refractivity contribution in [3.05, 3.63) is 42.0 Å². The van der Waals surface area contributed by atoms with Gasteiger partial charge in [-0.2, -0.15) is 0 Å². The Morgan fingerprint density at radius 2 is 1.81 bits per heavy atom. The highest BCUT2D eigenvalue weighted by atomic mass is 16.6. The maximum Gasteiger partial charge on any atom is 0.407 e. The molecule has 0 saturated carbocycles. The summed E-state index contributed by atoms with van der Waals surface area (Å²) in [6.07, 6.45) is 2.61. The average molecular weight is 439 g/mol. The van der Waals surface area contributed by atoms with Crippen molar-refractivity contribution in [2.24, 2.45) is 5.92 Å². The number of alkyl carbamates (subject to hydrolysis) is 1. The van der Waals surface area contributed by atoms with Gasteiger partial charge in [0.05, 0.1) is 32.4 Å². The van der Waals surface area contributed by atoms with Crippen LogP contribution in [-0.4, -0.2) is 57.6 Å². The summed E-state index contributed by atoms with van der Waals surface area (Å²) in [5.41, 5.74) is 2.77. The van der Waals surface area contributed by atoms with Crippen LogP contribution in [0.25, 0.3) is 11.1 Å². The third-order valence-electron chi connectivity index (χ3n) is 6.92. The van der Waals surface area contributed by atoms with E-state index < -0.39 is 0 Å². The van der Waals surface area contributed by atoms with E-state index in [9.17, 15) is 4.79 Å². The lowest BCUT2D eigenvalue weighted by atomic mass is 9.86. The van der Waals surface area contributed by atoms with Crippen molar-refractivity contribution >= 4 is 6.09 Å². The normalized spacial score (nSPS) is 25.9. The first-order valence-electron chi connectivity index (χ1n) is 11.3. The number of rotatable bonds is 5. The molecule has 2 atom stereocenters. The second-order valence-electron chi connectivity index (χ2n) is 8.71. The first-order valence-corrected chi connectivity index (χ1v) is 11.3. The fourth-order valence-corrected chi connectivity index (χ4v) is 5.19. The van der Waals surface area contributed by atoms with Crippen LogP contribution in [0.1, 0.15) is 30.9 Å². The van der Waals surface area contributed by atoms with Gasteiger partial charge in [0, 0.05) is 18.5 Å². The predicted molar refractivity (Wildman–Crippen MR) is 120 cm³/mol. The minimum atomic E-state index is -0.336. The van der Waals surface area contributed by atoms with Crippen molar-refractivity contribution in [2.75, 3.05) is 40.5 Å². The molecule has 2 aromatic rings. The van der Waals surface area contributed by atoms with Gasteiger partial charge in [0.15, 0.2) is 0 Å². The summed E-state index contributed by atoms with van der Waals surface area (Å²) < 4.78 is 22.9. The quantitative estimate of drug-likeness (QED) is 0.761. The number of methoxy groups -OCH3 is 2. The van der Waals surface area contributed by atoms with Gasteiger partial charge >= 0.3 is 6.09 Å². The van der Waals surface area contributed by atoms with Gasteiger partial charge in [0.25, 0.3) is 0 Å². The smallest absolute Gasteiger partial charge is 0.407 e. The summed E-state index contributed by atoms with van der Waals surface area (Å²) in [4.78, 5) is 15.1. The molecule has 1 unspecified atom stereocenters. The first-order chi connectivity index (χ1) is 15.7. The van der Waals surface area contributed by atoms with Gasteiger partial charge < -0.3 is 24.3 Å². The number of ether oxygens (including phenoxy) is 4. The molecule has 3 saturated heterocycles. The molecule has 4 aliphatic rings. The maximum atomic E-state index is 12.7. The third kappa shape index (κ3) is 3.97. The van der Waals surface area contributed by atoms with E-state index >= 15 is 0 Å². The largest absolute Gasteiger partial charge is 0.496 e. The molecule has 1 N–H and O–H groups in total. The number of carbonyl (C=O) groups is 1. The van der Waals surface area contributed by atoms with Crippen LogP contribution in [0.4, 0.5) is 4.79 Å². The summed E-state index contributed by atoms with van der Waals surface area (Å²) in [6.45, 7) is 3.63. The van der Waals surface area contributed by atoms with Crippen molar-refractivity contribution in [1.82, 2.24) is 10.2 Å². The van der Waals surface area contributed by atoms with Gasteiger partial charge in [-0.1, -0.05) is 18.2 Å². The van der Waals surface area contributed by atoms with Crippen LogP contribution in [0.2, 0.25) is 0 Å². The fraction of sp³-hybridized carbons (Fsp3) is 0.480. The SMILES string of the molecule is COc1cccc(OC)c1-c1ccc2c(c1)OCCC2NC(=O)O[C@H]1CN2CCC1CC2. The molecule has 4 heterocycles. The van der Waals surface area contributed by atoms with Gasteiger partial charge in [-0.05, 0) is 55.6 Å². The molecule has 4 aliphatic heterocycles. The van der Waals surface area contributed by atoms with Crippen molar-refractivity contribution in [3.8, 4) is 28.4 Å². The second-order valence-corrected chi connectivity index (χ2v) is 8.71. The average Bonchev–Trinajstić information content (AvgIpc) is 2.84. The highest BCUT2D eigenvalue weighted by molar-refractivity contribution is 5.78. The molecule has 7 heteroatoms. The lowest BCUT2D eigenvalue weighted by molar-refractivity contribution is -0.0342. The zero-order chi connectivity index (χ0) is 22.1. The highest BCUT2D eigenvalue weighted by Crippen LogP contribution is 2.42. The zero-order valence-electron chi connectivity index (χ0n) is 18.6. The molecule has 0 aliphatic carbocycles. The number of amides is 1. The van der Waals surface area contributed by atoms with Crippen molar-refractivity contribution in [1.29, 1.82) is 0 Å². The number of carbonyl (C=O) groups excluding carboxylic acids is 1. The van der Waals surface area contributed by atoms with Crippen LogP contribution in [0.15, 0.2) is 36.4 Å². The predicted octanol–water partition coefficient (Wildman–Crippen LogP) is 4.01. The molecule has 0 aromatic heterocycles. The van der Waals surface area contributed by atoms with E-state index in [4.69, 9.17) is 18.9 Å². The van der Waals surface area contributed by atoms with Crippen molar-refractivity contribution in [2.45, 2.75) is 31.4 Å². The van der Waals surface area contributed by atoms with Crippen LogP contribution in [0.3, 0.4) is 0 Å². The molecule has 0 spiro atoms. The Labute approximate surface area is 188 Å². The monoisotopic (exact) mass is 438 g/mol. The molecule has 3 fully saturated rings. The van der Waals surface area contributed by atoms with E-state index in [1.807, 2.05) is 36.4 Å². The molecule has 2 aromatic carbocycles. The standard InChI is InChI=1S/C25H30N2O5/c1-29-20-4-3-5-21(30-2)24(20)17-6-7-18-19(10-13-31-22(18)14-17)26-25(28)32-23-15-27-11-8-16(23)9-12-27/h3-7,14,16,19,23H,8-13,15H2,1-2H3,(H,26,28)/t19?,23-/m0/s1. The van der Waals surface area contributed by atoms with Crippen molar-refractivity contribution in [3.63, 3.8) is 0 Å². The number of nitrogens with zero attached hydrogens (tertiary/aromatic N) is 1. The van der Waals surface area contributed by atoms with Crippen LogP contribution < -0.4 is 19.5 Å². The summed E-state index contributed by atoms with van der Waals surface area (Å²) in [6, 6.07) is 11.6. The van der Waals surface area contributed by atoms with E-state index in [2.05, 4.69) is 10.2 Å². The summed E-state index contributed by atoms with van der Waals surface area (Å²) in [5, 5.41) is 3.08. The number of fused-ring (bicyclic) bond motifs is 4. The van der Waals surface area contributed by atoms with Crippen LogP contribution in [0, 0.1) is 5.92 Å². The molecule has 6 rings (SSSR count). The van der Waals surface area contributed by atoms with Crippen LogP contribution >= 0.6 is 0 Å². The van der Waals surface area contributed by atoms with Gasteiger partial charge in [0.1, 0.15) is 23.4 Å². The van der Waals surface area contributed by atoms with E-state index in [1.54, 1.807) is 14.2 Å². The van der Waals surface area contributed by atoms with Gasteiger partial charge in [0.2, 0.25) is 0 Å². The van der Waals surface area contributed by atoms with E-state index in [1.165, 1.54) is 0 Å². The Balaban J connectivity index is 1.33. The Morgan fingerprint density at radius 1 is 1.06 bits per heavy atom. The van der Waals surface area contributed by atoms with E-state index in [0.717, 1.165) is 66.4 Å². The van der Waals surface area contributed by atoms with E-state index in [-0.39, 0.29) is 18.2 Å². The second kappa shape index (κ2) is 8.90. The number of nitrogens with one attached hydrogen (secondary N) is 1. The topological polar surface area (TPSA) is 69.3 Å². The van der Waals surface area contributed by atoms with Gasteiger partial charge in [-0.3, -0.25) is 4.90 Å². The zero-order valence-corrected chi connectivity index (χ0v) is 18.6. The minimum Gasteiger partial charge on any atom is -0.496 e. The summed E-state index contributed by atoms with van der Waals surface area (Å²) >= 11 is 0. The molecule has 2 bridgehead atoms. The molecule has 32 heavy (non-hydrogen) atoms. The highest BCUT2D eigenvalue weighted by Gasteiger charge is 2.37. The molecule has 170 valence electrons. The molecular weight excluding hydrogens is 408 g/mol. The summed E-state index contributed by atoms with van der Waals surface area (Å²) in [7, 11) is 3.29. The van der Waals surface area contributed by atoms with Crippen LogP contribution in [-0.2, 0) is 4.74 Å². The number of piperidine rings is 3. The molecular formula is C25H30N2O5. The minimum absolute atomic E-state index is 0.00260. The lowest BCUT2D eigenvalue weighted by Crippen LogP contribution is -2.52. The lowest BCUT2D eigenvalue weighted by Gasteiger charge is -2.44. The Bertz CT molecular complexity index is 964. The van der Waals surface area contributed by atoms with Crippen molar-refractivity contribution < 1.29 is 23.7 Å². The Hall–Kier alpha value is -2.93. The number of hydrogen-bond acceptors (Lipinski definition) is 6. The molecule has 7 nitrogen and oxygen atoms in total. The van der Waals surface area contributed by atoms with Crippen LogP contribution in [0.5, 0.6) is 17.2 Å². The maximum absolute atomic E-state index is 12.7. The Kier molecular flexibility index (Phi) is 5.83. The van der Waals surface area contributed by atoms with Gasteiger partial charge in [-0.15, -0.1) is 0 Å². The Morgan fingerprint density at radius 3 is 2.47 bits per heavy atom. The number of hydrogen-bond donors (Lipinski definition) is 1. The first kappa shape index (κ1) is 20.9. The fourth-order valence-electron chi connectivity index (χ4n) is 5.19. The van der Waals surface area contributed by atoms with E-state index in [0.29, 0.717) is 18.9 Å². The molecule has 1 amide bonds. The molecule has 0 radical (unpaired) electrons. The number of benzene rings is 2.